The molecule has 1 saturated heterocycles. The molecule has 0 bridgehead atoms. The molecule has 2 N–H and O–H groups in total. The van der Waals surface area contributed by atoms with E-state index in [1.807, 2.05) is 42.6 Å². The van der Waals surface area contributed by atoms with E-state index in [2.05, 4.69) is 51.1 Å². The Kier molecular flexibility index (Phi) is 5.21. The summed E-state index contributed by atoms with van der Waals surface area (Å²) in [5.74, 6) is -0.0864. The Morgan fingerprint density at radius 3 is 2.53 bits per heavy atom. The van der Waals surface area contributed by atoms with Gasteiger partial charge in [0, 0.05) is 41.9 Å². The van der Waals surface area contributed by atoms with Gasteiger partial charge in [-0.05, 0) is 86.9 Å². The fourth-order valence-corrected chi connectivity index (χ4v) is 5.20. The second-order valence-corrected chi connectivity index (χ2v) is 9.04. The van der Waals surface area contributed by atoms with Gasteiger partial charge in [-0.1, -0.05) is 6.07 Å². The smallest absolute Gasteiger partial charge is 0.221 e. The summed E-state index contributed by atoms with van der Waals surface area (Å²) in [4.78, 5) is 18.2. The lowest BCUT2D eigenvalue weighted by molar-refractivity contribution is -0.114. The summed E-state index contributed by atoms with van der Waals surface area (Å²) in [7, 11) is 0. The van der Waals surface area contributed by atoms with Crippen LogP contribution in [0.4, 0.5) is 11.4 Å². The van der Waals surface area contributed by atoms with E-state index in [-0.39, 0.29) is 18.0 Å². The highest BCUT2D eigenvalue weighted by Crippen LogP contribution is 2.46. The zero-order chi connectivity index (χ0) is 22.4. The number of carbonyl (C=O) groups excluding carboxylic acids is 1. The van der Waals surface area contributed by atoms with E-state index in [1.165, 1.54) is 36.7 Å². The molecule has 7 heteroatoms. The summed E-state index contributed by atoms with van der Waals surface area (Å²) >= 11 is 5.84. The number of aryl methyl sites for hydroxylation is 1. The Bertz CT molecular complexity index is 1170. The summed E-state index contributed by atoms with van der Waals surface area (Å²) in [6.45, 7) is 5.92. The Morgan fingerprint density at radius 1 is 1.16 bits per heavy atom. The summed E-state index contributed by atoms with van der Waals surface area (Å²) in [6, 6.07) is 16.7. The van der Waals surface area contributed by atoms with Crippen molar-refractivity contribution in [2.24, 2.45) is 0 Å². The van der Waals surface area contributed by atoms with Crippen molar-refractivity contribution in [2.75, 3.05) is 10.2 Å². The lowest BCUT2D eigenvalue weighted by Crippen LogP contribution is -2.29. The number of rotatable bonds is 5. The van der Waals surface area contributed by atoms with Crippen molar-refractivity contribution in [1.29, 1.82) is 0 Å². The molecule has 2 atom stereocenters. The molecule has 5 rings (SSSR count). The Balaban J connectivity index is 1.59. The van der Waals surface area contributed by atoms with E-state index in [0.29, 0.717) is 11.2 Å². The lowest BCUT2D eigenvalue weighted by Gasteiger charge is -2.28. The fraction of sp³-hybridized carbons (Fsp3) is 0.320. The van der Waals surface area contributed by atoms with E-state index in [4.69, 9.17) is 12.2 Å². The topological polar surface area (TPSA) is 62.2 Å². The van der Waals surface area contributed by atoms with E-state index >= 15 is 0 Å². The predicted molar refractivity (Wildman–Crippen MR) is 131 cm³/mol. The first-order chi connectivity index (χ1) is 15.4. The van der Waals surface area contributed by atoms with Gasteiger partial charge >= 0.3 is 0 Å². The number of amides is 1. The third-order valence-corrected chi connectivity index (χ3v) is 6.63. The fourth-order valence-electron chi connectivity index (χ4n) is 4.85. The molecule has 2 aromatic heterocycles. The SMILES string of the molecule is CC(=O)Nc1ccc(N2C(=S)N[C@H](c3ccccn3)[C@H]2c2cc(C)n(C3CC3)c2C)cc1. The van der Waals surface area contributed by atoms with Crippen LogP contribution in [0.25, 0.3) is 0 Å². The molecule has 3 aromatic rings. The third kappa shape index (κ3) is 3.66. The Labute approximate surface area is 193 Å². The first kappa shape index (κ1) is 20.7. The van der Waals surface area contributed by atoms with Gasteiger partial charge in [-0.15, -0.1) is 0 Å². The highest BCUT2D eigenvalue weighted by molar-refractivity contribution is 7.80. The molecule has 2 aliphatic rings. The van der Waals surface area contributed by atoms with Crippen LogP contribution in [-0.2, 0) is 4.79 Å². The van der Waals surface area contributed by atoms with Crippen molar-refractivity contribution < 1.29 is 4.79 Å². The van der Waals surface area contributed by atoms with Crippen LogP contribution in [0.1, 0.15) is 60.5 Å². The second-order valence-electron chi connectivity index (χ2n) is 8.65. The van der Waals surface area contributed by atoms with Crippen LogP contribution in [0.5, 0.6) is 0 Å². The first-order valence-corrected chi connectivity index (χ1v) is 11.4. The minimum atomic E-state index is -0.0864. The van der Waals surface area contributed by atoms with Crippen LogP contribution >= 0.6 is 12.2 Å². The maximum Gasteiger partial charge on any atom is 0.221 e. The number of pyridine rings is 1. The molecule has 164 valence electrons. The van der Waals surface area contributed by atoms with Gasteiger partial charge in [-0.2, -0.15) is 0 Å². The standard InChI is InChI=1S/C25H27N5OS/c1-15-14-21(16(2)29(15)19-11-12-19)24-23(22-6-4-5-13-26-22)28-25(32)30(24)20-9-7-18(8-10-20)27-17(3)31/h4-10,13-14,19,23-24H,11-12H2,1-3H3,(H,27,31)(H,28,32)/t23-,24-/m1/s1. The average Bonchev–Trinajstić information content (AvgIpc) is 3.48. The van der Waals surface area contributed by atoms with Gasteiger partial charge in [0.05, 0.1) is 17.8 Å². The number of hydrogen-bond acceptors (Lipinski definition) is 3. The van der Waals surface area contributed by atoms with Crippen LogP contribution in [0, 0.1) is 13.8 Å². The van der Waals surface area contributed by atoms with Crippen molar-refractivity contribution in [3.05, 3.63) is 77.4 Å². The molecule has 1 amide bonds. The normalized spacial score (nSPS) is 20.3. The first-order valence-electron chi connectivity index (χ1n) is 11.0. The zero-order valence-corrected chi connectivity index (χ0v) is 19.3. The van der Waals surface area contributed by atoms with Crippen LogP contribution in [0.15, 0.2) is 54.7 Å². The number of nitrogens with zero attached hydrogens (tertiary/aromatic N) is 3. The molecule has 1 aromatic carbocycles. The Morgan fingerprint density at radius 2 is 1.91 bits per heavy atom. The quantitative estimate of drug-likeness (QED) is 0.543. The van der Waals surface area contributed by atoms with Crippen LogP contribution in [0.2, 0.25) is 0 Å². The molecule has 32 heavy (non-hydrogen) atoms. The molecule has 1 aliphatic carbocycles. The van der Waals surface area contributed by atoms with Gasteiger partial charge in [0.25, 0.3) is 0 Å². The number of thiocarbonyl (C=S) groups is 1. The van der Waals surface area contributed by atoms with E-state index < -0.39 is 0 Å². The van der Waals surface area contributed by atoms with Crippen LogP contribution in [0.3, 0.4) is 0 Å². The molecule has 1 aliphatic heterocycles. The molecular formula is C25H27N5OS. The molecule has 3 heterocycles. The van der Waals surface area contributed by atoms with Gasteiger partial charge in [-0.3, -0.25) is 9.78 Å². The van der Waals surface area contributed by atoms with Gasteiger partial charge in [0.1, 0.15) is 0 Å². The number of nitrogens with one attached hydrogen (secondary N) is 2. The number of carbonyl (C=O) groups is 1. The number of aromatic nitrogens is 2. The maximum absolute atomic E-state index is 11.4. The average molecular weight is 446 g/mol. The predicted octanol–water partition coefficient (Wildman–Crippen LogP) is 4.97. The highest BCUT2D eigenvalue weighted by atomic mass is 32.1. The van der Waals surface area contributed by atoms with Gasteiger partial charge in [-0.25, -0.2) is 0 Å². The molecule has 0 radical (unpaired) electrons. The second kappa shape index (κ2) is 8.06. The monoisotopic (exact) mass is 445 g/mol. The molecule has 0 spiro atoms. The molecule has 6 nitrogen and oxygen atoms in total. The van der Waals surface area contributed by atoms with Crippen molar-refractivity contribution in [3.63, 3.8) is 0 Å². The summed E-state index contributed by atoms with van der Waals surface area (Å²) in [6.07, 6.45) is 4.32. The van der Waals surface area contributed by atoms with Gasteiger partial charge < -0.3 is 20.1 Å². The minimum Gasteiger partial charge on any atom is -0.351 e. The van der Waals surface area contributed by atoms with Gasteiger partial charge in [0.15, 0.2) is 5.11 Å². The van der Waals surface area contributed by atoms with Crippen molar-refractivity contribution >= 4 is 34.6 Å². The van der Waals surface area contributed by atoms with Crippen LogP contribution in [-0.4, -0.2) is 20.6 Å². The molecular weight excluding hydrogens is 418 g/mol. The Hall–Kier alpha value is -3.19. The van der Waals surface area contributed by atoms with E-state index in [9.17, 15) is 4.79 Å². The molecule has 1 saturated carbocycles. The van der Waals surface area contributed by atoms with Crippen molar-refractivity contribution in [3.8, 4) is 0 Å². The molecule has 2 fully saturated rings. The zero-order valence-electron chi connectivity index (χ0n) is 18.5. The van der Waals surface area contributed by atoms with Crippen molar-refractivity contribution in [1.82, 2.24) is 14.9 Å². The summed E-state index contributed by atoms with van der Waals surface area (Å²) in [5.41, 5.74) is 6.57. The highest BCUT2D eigenvalue weighted by Gasteiger charge is 2.42. The number of benzene rings is 1. The molecule has 0 unspecified atom stereocenters. The number of hydrogen-bond donors (Lipinski definition) is 2. The maximum atomic E-state index is 11.4. The minimum absolute atomic E-state index is 0.0253. The van der Waals surface area contributed by atoms with Crippen LogP contribution < -0.4 is 15.5 Å². The summed E-state index contributed by atoms with van der Waals surface area (Å²) < 4.78 is 2.48. The lowest BCUT2D eigenvalue weighted by atomic mass is 9.96. The largest absolute Gasteiger partial charge is 0.351 e. The van der Waals surface area contributed by atoms with E-state index in [0.717, 1.165) is 17.1 Å². The number of anilines is 2. The van der Waals surface area contributed by atoms with E-state index in [1.54, 1.807) is 0 Å². The van der Waals surface area contributed by atoms with Gasteiger partial charge in [0.2, 0.25) is 5.91 Å². The summed E-state index contributed by atoms with van der Waals surface area (Å²) in [5, 5.41) is 7.04. The van der Waals surface area contributed by atoms with Crippen molar-refractivity contribution in [2.45, 2.75) is 51.7 Å². The third-order valence-electron chi connectivity index (χ3n) is 6.32.